The predicted molar refractivity (Wildman–Crippen MR) is 75.7 cm³/mol. The second-order valence-corrected chi connectivity index (χ2v) is 5.64. The molecule has 2 fully saturated rings. The Balaban J connectivity index is 1.51. The molecule has 0 aromatic carbocycles. The van der Waals surface area contributed by atoms with Gasteiger partial charge >= 0.3 is 6.03 Å². The smallest absolute Gasteiger partial charge is 0.321 e. The van der Waals surface area contributed by atoms with Gasteiger partial charge in [0.25, 0.3) is 0 Å². The maximum absolute atomic E-state index is 11.8. The molecule has 1 unspecified atom stereocenters. The zero-order chi connectivity index (χ0) is 14.7. The molecule has 8 nitrogen and oxygen atoms in total. The van der Waals surface area contributed by atoms with Crippen molar-refractivity contribution in [2.75, 3.05) is 11.9 Å². The van der Waals surface area contributed by atoms with Crippen molar-refractivity contribution in [1.29, 1.82) is 0 Å². The van der Waals surface area contributed by atoms with Gasteiger partial charge in [-0.05, 0) is 12.8 Å². The van der Waals surface area contributed by atoms with Crippen LogP contribution in [0.15, 0.2) is 6.33 Å². The number of nitrogens with zero attached hydrogens (tertiary/aromatic N) is 3. The second kappa shape index (κ2) is 6.11. The molecule has 1 aliphatic carbocycles. The third-order valence-electron chi connectivity index (χ3n) is 4.00. The van der Waals surface area contributed by atoms with E-state index in [4.69, 9.17) is 0 Å². The van der Waals surface area contributed by atoms with Gasteiger partial charge in [0.1, 0.15) is 6.33 Å². The summed E-state index contributed by atoms with van der Waals surface area (Å²) in [6.45, 7) is 0.468. The molecule has 1 aromatic heterocycles. The standard InChI is InChI=1S/C13H20N6O2/c20-11-6-9(7-14-11)16-13(21)17-12-15-8-19(18-12)10-4-2-1-3-5-10/h8-10H,1-7H2,(H,14,20)(H2,16,17,18,21). The summed E-state index contributed by atoms with van der Waals surface area (Å²) in [6.07, 6.45) is 7.94. The number of hydrogen-bond acceptors (Lipinski definition) is 4. The average molecular weight is 292 g/mol. The Morgan fingerprint density at radius 3 is 2.86 bits per heavy atom. The van der Waals surface area contributed by atoms with Crippen molar-refractivity contribution in [3.63, 3.8) is 0 Å². The Bertz CT molecular complexity index is 522. The predicted octanol–water partition coefficient (Wildman–Crippen LogP) is 0.793. The van der Waals surface area contributed by atoms with Crippen LogP contribution in [0.3, 0.4) is 0 Å². The quantitative estimate of drug-likeness (QED) is 0.766. The van der Waals surface area contributed by atoms with Crippen LogP contribution in [0.1, 0.15) is 44.6 Å². The minimum absolute atomic E-state index is 0.0417. The van der Waals surface area contributed by atoms with Crippen molar-refractivity contribution in [2.45, 2.75) is 50.6 Å². The van der Waals surface area contributed by atoms with E-state index in [2.05, 4.69) is 26.0 Å². The number of carbonyl (C=O) groups excluding carboxylic acids is 2. The lowest BCUT2D eigenvalue weighted by atomic mass is 9.96. The van der Waals surface area contributed by atoms with Crippen LogP contribution in [0.4, 0.5) is 10.7 Å². The summed E-state index contributed by atoms with van der Waals surface area (Å²) in [7, 11) is 0. The molecule has 1 aliphatic heterocycles. The Morgan fingerprint density at radius 1 is 1.33 bits per heavy atom. The van der Waals surface area contributed by atoms with Crippen LogP contribution in [0.2, 0.25) is 0 Å². The summed E-state index contributed by atoms with van der Waals surface area (Å²) in [5.74, 6) is 0.260. The molecule has 1 atom stereocenters. The molecule has 0 spiro atoms. The van der Waals surface area contributed by atoms with E-state index in [1.807, 2.05) is 4.68 Å². The van der Waals surface area contributed by atoms with Gasteiger partial charge in [0.2, 0.25) is 11.9 Å². The van der Waals surface area contributed by atoms with Crippen LogP contribution in [-0.4, -0.2) is 39.3 Å². The molecule has 114 valence electrons. The zero-order valence-electron chi connectivity index (χ0n) is 11.8. The molecule has 2 heterocycles. The summed E-state index contributed by atoms with van der Waals surface area (Å²) in [5.41, 5.74) is 0. The maximum Gasteiger partial charge on any atom is 0.321 e. The molecular formula is C13H20N6O2. The summed E-state index contributed by atoms with van der Waals surface area (Å²) in [6, 6.07) is -0.155. The van der Waals surface area contributed by atoms with Gasteiger partial charge < -0.3 is 10.6 Å². The molecular weight excluding hydrogens is 272 g/mol. The van der Waals surface area contributed by atoms with Gasteiger partial charge in [-0.15, -0.1) is 5.10 Å². The lowest BCUT2D eigenvalue weighted by Gasteiger charge is -2.21. The first-order chi connectivity index (χ1) is 10.2. The van der Waals surface area contributed by atoms with Gasteiger partial charge in [-0.25, -0.2) is 14.5 Å². The molecule has 3 amide bonds. The molecule has 1 saturated carbocycles. The number of nitrogens with one attached hydrogen (secondary N) is 3. The number of hydrogen-bond donors (Lipinski definition) is 3. The van der Waals surface area contributed by atoms with E-state index in [1.165, 1.54) is 19.3 Å². The maximum atomic E-state index is 11.8. The van der Waals surface area contributed by atoms with Crippen LogP contribution in [0.25, 0.3) is 0 Å². The molecule has 1 saturated heterocycles. The summed E-state index contributed by atoms with van der Waals surface area (Å²) >= 11 is 0. The van der Waals surface area contributed by atoms with Crippen molar-refractivity contribution in [3.8, 4) is 0 Å². The highest BCUT2D eigenvalue weighted by molar-refractivity contribution is 5.88. The van der Waals surface area contributed by atoms with E-state index < -0.39 is 0 Å². The Hall–Kier alpha value is -2.12. The fraction of sp³-hybridized carbons (Fsp3) is 0.692. The molecule has 3 N–H and O–H groups in total. The summed E-state index contributed by atoms with van der Waals surface area (Å²) < 4.78 is 1.84. The molecule has 1 aromatic rings. The van der Waals surface area contributed by atoms with E-state index in [9.17, 15) is 9.59 Å². The fourth-order valence-corrected chi connectivity index (χ4v) is 2.88. The third kappa shape index (κ3) is 3.50. The normalized spacial score (nSPS) is 22.9. The van der Waals surface area contributed by atoms with Crippen molar-refractivity contribution in [1.82, 2.24) is 25.4 Å². The van der Waals surface area contributed by atoms with Gasteiger partial charge in [0.05, 0.1) is 12.1 Å². The lowest BCUT2D eigenvalue weighted by Crippen LogP contribution is -2.39. The Kier molecular flexibility index (Phi) is 4.03. The van der Waals surface area contributed by atoms with Crippen LogP contribution in [-0.2, 0) is 4.79 Å². The number of anilines is 1. The number of aromatic nitrogens is 3. The molecule has 0 bridgehead atoms. The highest BCUT2D eigenvalue weighted by Crippen LogP contribution is 2.27. The van der Waals surface area contributed by atoms with E-state index >= 15 is 0 Å². The molecule has 3 rings (SSSR count). The Morgan fingerprint density at radius 2 is 2.14 bits per heavy atom. The first-order valence-electron chi connectivity index (χ1n) is 7.46. The van der Waals surface area contributed by atoms with Crippen LogP contribution < -0.4 is 16.0 Å². The first kappa shape index (κ1) is 13.8. The van der Waals surface area contributed by atoms with Crippen molar-refractivity contribution in [3.05, 3.63) is 6.33 Å². The van der Waals surface area contributed by atoms with E-state index in [1.54, 1.807) is 6.33 Å². The fourth-order valence-electron chi connectivity index (χ4n) is 2.88. The minimum Gasteiger partial charge on any atom is -0.354 e. The van der Waals surface area contributed by atoms with E-state index in [0.717, 1.165) is 12.8 Å². The van der Waals surface area contributed by atoms with Crippen molar-refractivity contribution in [2.24, 2.45) is 0 Å². The van der Waals surface area contributed by atoms with Gasteiger partial charge in [-0.1, -0.05) is 19.3 Å². The van der Waals surface area contributed by atoms with Crippen molar-refractivity contribution < 1.29 is 9.59 Å². The largest absolute Gasteiger partial charge is 0.354 e. The topological polar surface area (TPSA) is 101 Å². The minimum atomic E-state index is -0.377. The number of rotatable bonds is 3. The van der Waals surface area contributed by atoms with Crippen LogP contribution in [0, 0.1) is 0 Å². The van der Waals surface area contributed by atoms with Crippen LogP contribution in [0.5, 0.6) is 0 Å². The van der Waals surface area contributed by atoms with E-state index in [0.29, 0.717) is 25.0 Å². The summed E-state index contributed by atoms with van der Waals surface area (Å²) in [4.78, 5) is 27.0. The van der Waals surface area contributed by atoms with Gasteiger partial charge in [-0.3, -0.25) is 10.1 Å². The monoisotopic (exact) mass is 292 g/mol. The van der Waals surface area contributed by atoms with E-state index in [-0.39, 0.29) is 18.0 Å². The van der Waals surface area contributed by atoms with Gasteiger partial charge in [-0.2, -0.15) is 0 Å². The van der Waals surface area contributed by atoms with Crippen molar-refractivity contribution >= 4 is 17.9 Å². The first-order valence-corrected chi connectivity index (χ1v) is 7.46. The number of carbonyl (C=O) groups is 2. The molecule has 8 heteroatoms. The summed E-state index contributed by atoms with van der Waals surface area (Å²) in [5, 5.41) is 12.3. The average Bonchev–Trinajstić information content (AvgIpc) is 3.09. The van der Waals surface area contributed by atoms with Gasteiger partial charge in [0.15, 0.2) is 0 Å². The highest BCUT2D eigenvalue weighted by Gasteiger charge is 2.23. The highest BCUT2D eigenvalue weighted by atomic mass is 16.2. The SMILES string of the molecule is O=C1CC(NC(=O)Nc2ncn(C3CCCCC3)n2)CN1. The molecule has 0 radical (unpaired) electrons. The Labute approximate surface area is 122 Å². The molecule has 2 aliphatic rings. The number of amides is 3. The molecule has 21 heavy (non-hydrogen) atoms. The number of urea groups is 1. The second-order valence-electron chi connectivity index (χ2n) is 5.64. The third-order valence-corrected chi connectivity index (χ3v) is 4.00. The lowest BCUT2D eigenvalue weighted by molar-refractivity contribution is -0.119. The van der Waals surface area contributed by atoms with Gasteiger partial charge in [0, 0.05) is 13.0 Å². The van der Waals surface area contributed by atoms with Crippen LogP contribution >= 0.6 is 0 Å². The zero-order valence-corrected chi connectivity index (χ0v) is 11.8.